The second-order valence-electron chi connectivity index (χ2n) is 7.93. The quantitative estimate of drug-likeness (QED) is 0.876. The van der Waals surface area contributed by atoms with Crippen molar-refractivity contribution >= 4 is 11.7 Å². The lowest BCUT2D eigenvalue weighted by molar-refractivity contribution is -0.176. The lowest BCUT2D eigenvalue weighted by atomic mass is 9.82. The van der Waals surface area contributed by atoms with E-state index in [1.165, 1.54) is 0 Å². The van der Waals surface area contributed by atoms with E-state index in [1.54, 1.807) is 44.2 Å². The summed E-state index contributed by atoms with van der Waals surface area (Å²) in [5.74, 6) is -2.30. The fourth-order valence-corrected chi connectivity index (χ4v) is 3.96. The summed E-state index contributed by atoms with van der Waals surface area (Å²) < 4.78 is 6.01. The summed E-state index contributed by atoms with van der Waals surface area (Å²) in [6.45, 7) is 7.61. The number of ether oxygens (including phenoxy) is 1. The van der Waals surface area contributed by atoms with Crippen molar-refractivity contribution in [2.75, 3.05) is 0 Å². The van der Waals surface area contributed by atoms with Crippen LogP contribution in [-0.2, 0) is 16.1 Å². The van der Waals surface area contributed by atoms with Crippen LogP contribution in [-0.4, -0.2) is 16.8 Å². The van der Waals surface area contributed by atoms with Crippen molar-refractivity contribution in [3.63, 3.8) is 0 Å². The average molecular weight is 365 g/mol. The summed E-state index contributed by atoms with van der Waals surface area (Å²) in [5.41, 5.74) is 0.583. The molecule has 1 aliphatic heterocycles. The Balaban J connectivity index is 1.98. The van der Waals surface area contributed by atoms with Gasteiger partial charge in [-0.05, 0) is 17.5 Å². The number of hydrogen-bond acceptors (Lipinski definition) is 4. The van der Waals surface area contributed by atoms with E-state index in [-0.39, 0.29) is 23.5 Å². The van der Waals surface area contributed by atoms with Crippen molar-refractivity contribution < 1.29 is 19.4 Å². The summed E-state index contributed by atoms with van der Waals surface area (Å²) in [7, 11) is 0. The zero-order valence-corrected chi connectivity index (χ0v) is 15.9. The van der Waals surface area contributed by atoms with Gasteiger partial charge >= 0.3 is 0 Å². The van der Waals surface area contributed by atoms with Crippen molar-refractivity contribution in [1.29, 1.82) is 0 Å². The third-order valence-corrected chi connectivity index (χ3v) is 5.55. The molecule has 1 amide bonds. The zero-order chi connectivity index (χ0) is 19.6. The second kappa shape index (κ2) is 5.67. The Morgan fingerprint density at radius 2 is 1.78 bits per heavy atom. The lowest BCUT2D eigenvalue weighted by Crippen LogP contribution is -2.60. The van der Waals surface area contributed by atoms with Gasteiger partial charge in [-0.3, -0.25) is 9.59 Å². The summed E-state index contributed by atoms with van der Waals surface area (Å²) in [4.78, 5) is 26.1. The highest BCUT2D eigenvalue weighted by Gasteiger charge is 2.71. The molecular formula is C22H23NO4. The minimum atomic E-state index is -1.97. The number of hydrogen-bond donors (Lipinski definition) is 2. The Kier molecular flexibility index (Phi) is 3.72. The Morgan fingerprint density at radius 3 is 2.44 bits per heavy atom. The molecule has 2 atom stereocenters. The van der Waals surface area contributed by atoms with Crippen LogP contribution in [0.2, 0.25) is 0 Å². The third kappa shape index (κ3) is 2.15. The maximum Gasteiger partial charge on any atom is 0.271 e. The molecule has 2 unspecified atom stereocenters. The number of nitrogens with one attached hydrogen (secondary N) is 1. The number of fused-ring (bicyclic) bond motifs is 5. The molecule has 27 heavy (non-hydrogen) atoms. The molecule has 0 fully saturated rings. The van der Waals surface area contributed by atoms with Crippen LogP contribution in [0.3, 0.4) is 0 Å². The van der Waals surface area contributed by atoms with E-state index in [9.17, 15) is 14.7 Å². The van der Waals surface area contributed by atoms with Crippen LogP contribution in [0.5, 0.6) is 5.75 Å². The highest BCUT2D eigenvalue weighted by atomic mass is 16.6. The molecule has 0 saturated carbocycles. The molecule has 140 valence electrons. The molecule has 0 aromatic heterocycles. The molecule has 0 saturated heterocycles. The number of amides is 1. The van der Waals surface area contributed by atoms with Crippen molar-refractivity contribution in [3.05, 3.63) is 64.7 Å². The second-order valence-corrected chi connectivity index (χ2v) is 7.93. The summed E-state index contributed by atoms with van der Waals surface area (Å²) in [6, 6.07) is 12.4. The summed E-state index contributed by atoms with van der Waals surface area (Å²) in [6.07, 6.45) is 0. The van der Waals surface area contributed by atoms with E-state index in [2.05, 4.69) is 19.2 Å². The van der Waals surface area contributed by atoms with Gasteiger partial charge in [-0.15, -0.1) is 0 Å². The number of benzene rings is 2. The molecule has 5 nitrogen and oxygen atoms in total. The number of Topliss-reactive ketones (excluding diaryl/α,β-unsaturated/α-hetero) is 1. The smallest absolute Gasteiger partial charge is 0.271 e. The molecule has 0 radical (unpaired) electrons. The van der Waals surface area contributed by atoms with Crippen molar-refractivity contribution in [3.8, 4) is 5.75 Å². The van der Waals surface area contributed by atoms with Gasteiger partial charge in [0.25, 0.3) is 5.79 Å². The maximum atomic E-state index is 13.5. The first-order chi connectivity index (χ1) is 12.7. The predicted molar refractivity (Wildman–Crippen MR) is 100 cm³/mol. The fraction of sp³-hybridized carbons (Fsp3) is 0.364. The van der Waals surface area contributed by atoms with Gasteiger partial charge < -0.3 is 15.2 Å². The van der Waals surface area contributed by atoms with Gasteiger partial charge in [0, 0.05) is 22.6 Å². The van der Waals surface area contributed by atoms with Gasteiger partial charge in [-0.2, -0.15) is 0 Å². The SMILES string of the molecule is CC(C)C(=O)NC12C(=O)c3ccccc3C1(O)Oc1cc(C(C)C)ccc12. The van der Waals surface area contributed by atoms with Crippen LogP contribution in [0, 0.1) is 5.92 Å². The van der Waals surface area contributed by atoms with Gasteiger partial charge in [-0.25, -0.2) is 0 Å². The Hall–Kier alpha value is -2.66. The average Bonchev–Trinajstić information content (AvgIpc) is 2.99. The van der Waals surface area contributed by atoms with Crippen LogP contribution >= 0.6 is 0 Å². The molecule has 2 aromatic carbocycles. The first kappa shape index (κ1) is 17.7. The fourth-order valence-electron chi connectivity index (χ4n) is 3.96. The first-order valence-electron chi connectivity index (χ1n) is 9.24. The van der Waals surface area contributed by atoms with E-state index in [4.69, 9.17) is 4.74 Å². The van der Waals surface area contributed by atoms with Gasteiger partial charge in [-0.1, -0.05) is 64.1 Å². The van der Waals surface area contributed by atoms with Gasteiger partial charge in [0.1, 0.15) is 5.75 Å². The highest BCUT2D eigenvalue weighted by Crippen LogP contribution is 2.58. The van der Waals surface area contributed by atoms with Crippen LogP contribution in [0.15, 0.2) is 42.5 Å². The number of carbonyl (C=O) groups is 2. The Labute approximate surface area is 158 Å². The zero-order valence-electron chi connectivity index (χ0n) is 15.9. The van der Waals surface area contributed by atoms with E-state index in [0.29, 0.717) is 22.4 Å². The molecule has 0 bridgehead atoms. The number of rotatable bonds is 3. The highest BCUT2D eigenvalue weighted by molar-refractivity contribution is 6.12. The van der Waals surface area contributed by atoms with Gasteiger partial charge in [0.2, 0.25) is 17.2 Å². The van der Waals surface area contributed by atoms with Crippen LogP contribution < -0.4 is 10.1 Å². The van der Waals surface area contributed by atoms with E-state index >= 15 is 0 Å². The standard InChI is InChI=1S/C22H23NO4/c1-12(2)14-9-10-17-18(11-14)27-22(26)16-8-6-5-7-15(16)19(24)21(17,22)23-20(25)13(3)4/h5-13,26H,1-4H3,(H,23,25). The molecule has 0 spiro atoms. The Bertz CT molecular complexity index is 965. The molecular weight excluding hydrogens is 342 g/mol. The lowest BCUT2D eigenvalue weighted by Gasteiger charge is -2.35. The largest absolute Gasteiger partial charge is 0.454 e. The molecule has 2 aromatic rings. The number of aliphatic hydroxyl groups is 1. The predicted octanol–water partition coefficient (Wildman–Crippen LogP) is 3.21. The molecule has 1 aliphatic carbocycles. The Morgan fingerprint density at radius 1 is 1.07 bits per heavy atom. The minimum absolute atomic E-state index is 0.262. The molecule has 1 heterocycles. The van der Waals surface area contributed by atoms with Crippen molar-refractivity contribution in [2.24, 2.45) is 5.92 Å². The maximum absolute atomic E-state index is 13.5. The van der Waals surface area contributed by atoms with Crippen molar-refractivity contribution in [2.45, 2.75) is 44.9 Å². The normalized spacial score (nSPS) is 25.2. The monoisotopic (exact) mass is 365 g/mol. The third-order valence-electron chi connectivity index (χ3n) is 5.55. The summed E-state index contributed by atoms with van der Waals surface area (Å²) in [5, 5.41) is 14.5. The van der Waals surface area contributed by atoms with Crippen molar-refractivity contribution in [1.82, 2.24) is 5.32 Å². The molecule has 5 heteroatoms. The van der Waals surface area contributed by atoms with Crippen LogP contribution in [0.25, 0.3) is 0 Å². The van der Waals surface area contributed by atoms with Gasteiger partial charge in [0.15, 0.2) is 0 Å². The molecule has 2 N–H and O–H groups in total. The number of ketones is 1. The van der Waals surface area contributed by atoms with Gasteiger partial charge in [0.05, 0.1) is 0 Å². The van der Waals surface area contributed by atoms with Crippen LogP contribution in [0.1, 0.15) is 60.7 Å². The van der Waals surface area contributed by atoms with Crippen LogP contribution in [0.4, 0.5) is 0 Å². The van der Waals surface area contributed by atoms with E-state index in [0.717, 1.165) is 5.56 Å². The van der Waals surface area contributed by atoms with E-state index in [1.807, 2.05) is 12.1 Å². The number of carbonyl (C=O) groups excluding carboxylic acids is 2. The minimum Gasteiger partial charge on any atom is -0.454 e. The topological polar surface area (TPSA) is 75.6 Å². The first-order valence-corrected chi connectivity index (χ1v) is 9.24. The molecule has 4 rings (SSSR count). The molecule has 2 aliphatic rings. The van der Waals surface area contributed by atoms with E-state index < -0.39 is 11.3 Å². The summed E-state index contributed by atoms with van der Waals surface area (Å²) >= 11 is 0.